The van der Waals surface area contributed by atoms with E-state index >= 15 is 0 Å². The topological polar surface area (TPSA) is 80.3 Å². The van der Waals surface area contributed by atoms with Gasteiger partial charge in [0.15, 0.2) is 11.5 Å². The SMILES string of the molecule is COc1cc(C(=O)N2CCN(CCNC(=O)c3cccs3)CC2)cc(OC)c1OC. The molecule has 0 saturated carbocycles. The van der Waals surface area contributed by atoms with Gasteiger partial charge in [0.1, 0.15) is 0 Å². The number of hydrogen-bond donors (Lipinski definition) is 1. The van der Waals surface area contributed by atoms with Crippen molar-refractivity contribution in [2.75, 3.05) is 60.6 Å². The van der Waals surface area contributed by atoms with Crippen LogP contribution < -0.4 is 19.5 Å². The molecule has 162 valence electrons. The number of carbonyl (C=O) groups is 2. The Bertz CT molecular complexity index is 839. The first kappa shape index (κ1) is 21.9. The average molecular weight is 434 g/mol. The van der Waals surface area contributed by atoms with Gasteiger partial charge < -0.3 is 24.4 Å². The molecule has 1 N–H and O–H groups in total. The van der Waals surface area contributed by atoms with Crippen molar-refractivity contribution in [2.45, 2.75) is 0 Å². The molecule has 2 amide bonds. The minimum absolute atomic E-state index is 0.0405. The fourth-order valence-electron chi connectivity index (χ4n) is 3.38. The Balaban J connectivity index is 1.52. The summed E-state index contributed by atoms with van der Waals surface area (Å²) < 4.78 is 16.0. The second kappa shape index (κ2) is 10.3. The third-order valence-electron chi connectivity index (χ3n) is 5.03. The van der Waals surface area contributed by atoms with E-state index in [1.807, 2.05) is 22.4 Å². The second-order valence-electron chi connectivity index (χ2n) is 6.78. The highest BCUT2D eigenvalue weighted by atomic mass is 32.1. The zero-order chi connectivity index (χ0) is 21.5. The zero-order valence-corrected chi connectivity index (χ0v) is 18.3. The van der Waals surface area contributed by atoms with Gasteiger partial charge in [-0.25, -0.2) is 0 Å². The van der Waals surface area contributed by atoms with Crippen molar-refractivity contribution in [1.82, 2.24) is 15.1 Å². The molecule has 0 aliphatic carbocycles. The van der Waals surface area contributed by atoms with Crippen molar-refractivity contribution in [3.05, 3.63) is 40.1 Å². The molecule has 0 spiro atoms. The van der Waals surface area contributed by atoms with E-state index in [9.17, 15) is 9.59 Å². The van der Waals surface area contributed by atoms with Crippen LogP contribution in [0.3, 0.4) is 0 Å². The quantitative estimate of drug-likeness (QED) is 0.686. The summed E-state index contributed by atoms with van der Waals surface area (Å²) in [5.74, 6) is 1.27. The van der Waals surface area contributed by atoms with Crippen LogP contribution in [0.25, 0.3) is 0 Å². The van der Waals surface area contributed by atoms with Crippen molar-refractivity contribution in [3.63, 3.8) is 0 Å². The molecule has 3 rings (SSSR count). The molecule has 1 aromatic carbocycles. The van der Waals surface area contributed by atoms with Crippen LogP contribution in [0, 0.1) is 0 Å². The number of methoxy groups -OCH3 is 3. The van der Waals surface area contributed by atoms with Crippen LogP contribution in [0.2, 0.25) is 0 Å². The molecule has 1 aliphatic heterocycles. The van der Waals surface area contributed by atoms with E-state index in [-0.39, 0.29) is 11.8 Å². The number of piperazine rings is 1. The maximum absolute atomic E-state index is 13.0. The molecule has 1 saturated heterocycles. The van der Waals surface area contributed by atoms with Gasteiger partial charge in [-0.1, -0.05) is 6.07 Å². The highest BCUT2D eigenvalue weighted by Gasteiger charge is 2.24. The second-order valence-corrected chi connectivity index (χ2v) is 7.73. The van der Waals surface area contributed by atoms with Crippen LogP contribution in [0.4, 0.5) is 0 Å². The molecule has 2 aromatic rings. The van der Waals surface area contributed by atoms with Gasteiger partial charge in [-0.15, -0.1) is 11.3 Å². The van der Waals surface area contributed by atoms with Crippen molar-refractivity contribution >= 4 is 23.2 Å². The van der Waals surface area contributed by atoms with E-state index < -0.39 is 0 Å². The van der Waals surface area contributed by atoms with Gasteiger partial charge in [0.2, 0.25) is 5.75 Å². The summed E-state index contributed by atoms with van der Waals surface area (Å²) in [5, 5.41) is 4.83. The normalized spacial score (nSPS) is 14.3. The predicted molar refractivity (Wildman–Crippen MR) is 115 cm³/mol. The van der Waals surface area contributed by atoms with Gasteiger partial charge in [-0.3, -0.25) is 14.5 Å². The van der Waals surface area contributed by atoms with Crippen LogP contribution in [0.15, 0.2) is 29.6 Å². The van der Waals surface area contributed by atoms with Gasteiger partial charge >= 0.3 is 0 Å². The van der Waals surface area contributed by atoms with Gasteiger partial charge in [0, 0.05) is 44.8 Å². The fraction of sp³-hybridized carbons (Fsp3) is 0.429. The number of nitrogens with zero attached hydrogens (tertiary/aromatic N) is 2. The van der Waals surface area contributed by atoms with Gasteiger partial charge in [-0.2, -0.15) is 0 Å². The molecular formula is C21H27N3O5S. The summed E-state index contributed by atoms with van der Waals surface area (Å²) in [6.45, 7) is 4.08. The predicted octanol–water partition coefficient (Wildman–Crippen LogP) is 1.96. The highest BCUT2D eigenvalue weighted by Crippen LogP contribution is 2.38. The van der Waals surface area contributed by atoms with E-state index in [4.69, 9.17) is 14.2 Å². The van der Waals surface area contributed by atoms with Gasteiger partial charge in [0.05, 0.1) is 26.2 Å². The first-order chi connectivity index (χ1) is 14.6. The maximum atomic E-state index is 13.0. The smallest absolute Gasteiger partial charge is 0.261 e. The number of thiophene rings is 1. The van der Waals surface area contributed by atoms with E-state index in [0.717, 1.165) is 24.5 Å². The molecule has 30 heavy (non-hydrogen) atoms. The van der Waals surface area contributed by atoms with E-state index in [1.54, 1.807) is 12.1 Å². The number of carbonyl (C=O) groups excluding carboxylic acids is 2. The molecule has 0 unspecified atom stereocenters. The molecule has 1 aliphatic rings. The largest absolute Gasteiger partial charge is 0.493 e. The van der Waals surface area contributed by atoms with Gasteiger partial charge in [-0.05, 0) is 23.6 Å². The Kier molecular flexibility index (Phi) is 7.53. The molecule has 1 aromatic heterocycles. The average Bonchev–Trinajstić information content (AvgIpc) is 3.33. The van der Waals surface area contributed by atoms with Crippen LogP contribution >= 0.6 is 11.3 Å². The van der Waals surface area contributed by atoms with E-state index in [0.29, 0.717) is 42.4 Å². The van der Waals surface area contributed by atoms with Crippen molar-refractivity contribution in [3.8, 4) is 17.2 Å². The Morgan fingerprint density at radius 3 is 2.23 bits per heavy atom. The minimum Gasteiger partial charge on any atom is -0.493 e. The summed E-state index contributed by atoms with van der Waals surface area (Å²) in [6.07, 6.45) is 0. The molecule has 1 fully saturated rings. The lowest BCUT2D eigenvalue weighted by Crippen LogP contribution is -2.50. The van der Waals surface area contributed by atoms with Crippen LogP contribution in [-0.2, 0) is 0 Å². The summed E-state index contributed by atoms with van der Waals surface area (Å²) in [5.41, 5.74) is 0.501. The Morgan fingerprint density at radius 2 is 1.70 bits per heavy atom. The van der Waals surface area contributed by atoms with Crippen LogP contribution in [0.1, 0.15) is 20.0 Å². The number of nitrogens with one attached hydrogen (secondary N) is 1. The lowest BCUT2D eigenvalue weighted by atomic mass is 10.1. The third-order valence-corrected chi connectivity index (χ3v) is 5.90. The molecule has 0 bridgehead atoms. The summed E-state index contributed by atoms with van der Waals surface area (Å²) in [7, 11) is 4.59. The van der Waals surface area contributed by atoms with E-state index in [1.165, 1.54) is 32.7 Å². The summed E-state index contributed by atoms with van der Waals surface area (Å²) in [4.78, 5) is 29.8. The van der Waals surface area contributed by atoms with Crippen LogP contribution in [0.5, 0.6) is 17.2 Å². The van der Waals surface area contributed by atoms with Gasteiger partial charge in [0.25, 0.3) is 11.8 Å². The number of ether oxygens (including phenoxy) is 3. The number of amides is 2. The Hall–Kier alpha value is -2.78. The molecular weight excluding hydrogens is 406 g/mol. The summed E-state index contributed by atoms with van der Waals surface area (Å²) in [6, 6.07) is 7.03. The number of hydrogen-bond acceptors (Lipinski definition) is 7. The Labute approximate surface area is 180 Å². The molecule has 8 nitrogen and oxygen atoms in total. The monoisotopic (exact) mass is 433 g/mol. The third kappa shape index (κ3) is 5.03. The molecule has 2 heterocycles. The lowest BCUT2D eigenvalue weighted by Gasteiger charge is -2.34. The van der Waals surface area contributed by atoms with Crippen molar-refractivity contribution in [1.29, 1.82) is 0 Å². The van der Waals surface area contributed by atoms with Crippen molar-refractivity contribution in [2.24, 2.45) is 0 Å². The van der Waals surface area contributed by atoms with Crippen LogP contribution in [-0.4, -0.2) is 82.2 Å². The summed E-state index contributed by atoms with van der Waals surface area (Å²) >= 11 is 1.43. The molecule has 0 radical (unpaired) electrons. The van der Waals surface area contributed by atoms with Crippen molar-refractivity contribution < 1.29 is 23.8 Å². The number of rotatable bonds is 8. The van der Waals surface area contributed by atoms with E-state index in [2.05, 4.69) is 10.2 Å². The highest BCUT2D eigenvalue weighted by molar-refractivity contribution is 7.12. The first-order valence-electron chi connectivity index (χ1n) is 9.70. The standard InChI is InChI=1S/C21H27N3O5S/c1-27-16-13-15(14-17(28-2)19(16)29-3)21(26)24-10-8-23(9-11-24)7-6-22-20(25)18-5-4-12-30-18/h4-5,12-14H,6-11H2,1-3H3,(H,22,25). The number of benzene rings is 1. The zero-order valence-electron chi connectivity index (χ0n) is 17.5. The first-order valence-corrected chi connectivity index (χ1v) is 10.6. The lowest BCUT2D eigenvalue weighted by molar-refractivity contribution is 0.0637. The maximum Gasteiger partial charge on any atom is 0.261 e. The minimum atomic E-state index is -0.0695. The molecule has 0 atom stereocenters. The molecule has 9 heteroatoms. The Morgan fingerprint density at radius 1 is 1.03 bits per heavy atom. The fourth-order valence-corrected chi connectivity index (χ4v) is 4.02.